The summed E-state index contributed by atoms with van der Waals surface area (Å²) >= 11 is 0. The van der Waals surface area contributed by atoms with Crippen molar-refractivity contribution < 1.29 is 4.79 Å². The Balaban J connectivity index is 1.93. The van der Waals surface area contributed by atoms with E-state index in [1.807, 2.05) is 11.8 Å². The van der Waals surface area contributed by atoms with Crippen LogP contribution in [0, 0.1) is 0 Å². The molecule has 1 aromatic heterocycles. The van der Waals surface area contributed by atoms with Gasteiger partial charge in [0.05, 0.1) is 12.2 Å². The lowest BCUT2D eigenvalue weighted by Crippen LogP contribution is -2.59. The van der Waals surface area contributed by atoms with Crippen LogP contribution in [-0.2, 0) is 11.3 Å². The molecule has 6 heteroatoms. The number of carbonyl (C=O) groups excluding carboxylic acids is 1. The van der Waals surface area contributed by atoms with Gasteiger partial charge in [-0.1, -0.05) is 5.21 Å². The first-order valence-corrected chi connectivity index (χ1v) is 5.15. The second-order valence-corrected chi connectivity index (χ2v) is 3.59. The molecule has 0 atom stereocenters. The zero-order chi connectivity index (χ0) is 10.7. The van der Waals surface area contributed by atoms with Gasteiger partial charge in [0.15, 0.2) is 0 Å². The van der Waals surface area contributed by atoms with Crippen LogP contribution in [-0.4, -0.2) is 51.5 Å². The van der Waals surface area contributed by atoms with E-state index in [1.165, 1.54) is 0 Å². The van der Waals surface area contributed by atoms with E-state index >= 15 is 0 Å². The number of carbonyl (C=O) groups is 1. The highest BCUT2D eigenvalue weighted by molar-refractivity contribution is 5.76. The van der Waals surface area contributed by atoms with E-state index in [1.54, 1.807) is 17.1 Å². The average Bonchev–Trinajstić information content (AvgIpc) is 2.63. The van der Waals surface area contributed by atoms with Crippen molar-refractivity contribution in [2.45, 2.75) is 19.5 Å². The molecule has 2 rings (SSSR count). The lowest BCUT2D eigenvalue weighted by atomic mass is 10.1. The number of aromatic nitrogens is 3. The van der Waals surface area contributed by atoms with Crippen LogP contribution >= 0.6 is 0 Å². The third-order valence-corrected chi connectivity index (χ3v) is 2.63. The number of nitrogens with zero attached hydrogens (tertiary/aromatic N) is 4. The predicted octanol–water partition coefficient (Wildman–Crippen LogP) is -0.902. The van der Waals surface area contributed by atoms with E-state index in [0.717, 1.165) is 19.6 Å². The fraction of sp³-hybridized carbons (Fsp3) is 0.667. The summed E-state index contributed by atoms with van der Waals surface area (Å²) in [5, 5.41) is 10.6. The average molecular weight is 209 g/mol. The smallest absolute Gasteiger partial charge is 0.244 e. The summed E-state index contributed by atoms with van der Waals surface area (Å²) in [4.78, 5) is 13.8. The Labute approximate surface area is 88.2 Å². The second kappa shape index (κ2) is 4.39. The van der Waals surface area contributed by atoms with Gasteiger partial charge >= 0.3 is 0 Å². The van der Waals surface area contributed by atoms with Crippen LogP contribution in [0.5, 0.6) is 0 Å². The molecule has 1 N–H and O–H groups in total. The van der Waals surface area contributed by atoms with Crippen molar-refractivity contribution in [1.82, 2.24) is 25.2 Å². The molecule has 0 unspecified atom stereocenters. The molecule has 1 aromatic rings. The monoisotopic (exact) mass is 209 g/mol. The molecule has 0 aliphatic carbocycles. The molecule has 0 saturated carbocycles. The zero-order valence-electron chi connectivity index (χ0n) is 8.76. The van der Waals surface area contributed by atoms with Crippen LogP contribution in [0.1, 0.15) is 6.92 Å². The fourth-order valence-electron chi connectivity index (χ4n) is 1.68. The number of hydrogen-bond donors (Lipinski definition) is 1. The highest BCUT2D eigenvalue weighted by atomic mass is 16.2. The van der Waals surface area contributed by atoms with Crippen molar-refractivity contribution in [2.24, 2.45) is 0 Å². The minimum Gasteiger partial charge on any atom is -0.336 e. The summed E-state index contributed by atoms with van der Waals surface area (Å²) in [6.45, 7) is 4.83. The van der Waals surface area contributed by atoms with Gasteiger partial charge in [-0.3, -0.25) is 4.79 Å². The molecule has 2 heterocycles. The molecular weight excluding hydrogens is 194 g/mol. The highest BCUT2D eigenvalue weighted by Crippen LogP contribution is 2.05. The summed E-state index contributed by atoms with van der Waals surface area (Å²) in [6, 6.07) is 0.353. The minimum atomic E-state index is 0.106. The van der Waals surface area contributed by atoms with Crippen LogP contribution < -0.4 is 5.32 Å². The van der Waals surface area contributed by atoms with Crippen LogP contribution in [0.3, 0.4) is 0 Å². The van der Waals surface area contributed by atoms with Gasteiger partial charge in [-0.2, -0.15) is 0 Å². The standard InChI is InChI=1S/C9H15N5O/c1-2-14(8-5-10-6-8)9(15)7-13-4-3-11-12-13/h3-4,8,10H,2,5-7H2,1H3. The maximum Gasteiger partial charge on any atom is 0.244 e. The van der Waals surface area contributed by atoms with Crippen LogP contribution in [0.15, 0.2) is 12.4 Å². The SMILES string of the molecule is CCN(C(=O)Cn1ccnn1)C1CNC1. The molecule has 0 spiro atoms. The summed E-state index contributed by atoms with van der Waals surface area (Å²) in [7, 11) is 0. The maximum atomic E-state index is 11.9. The molecule has 15 heavy (non-hydrogen) atoms. The molecule has 1 fully saturated rings. The van der Waals surface area contributed by atoms with Gasteiger partial charge in [0.2, 0.25) is 5.91 Å². The Hall–Kier alpha value is -1.43. The normalized spacial score (nSPS) is 16.1. The van der Waals surface area contributed by atoms with Gasteiger partial charge < -0.3 is 10.2 Å². The van der Waals surface area contributed by atoms with E-state index in [9.17, 15) is 4.79 Å². The predicted molar refractivity (Wildman–Crippen MR) is 54.1 cm³/mol. The molecule has 82 valence electrons. The molecule has 0 aromatic carbocycles. The molecule has 0 radical (unpaired) electrons. The largest absolute Gasteiger partial charge is 0.336 e. The van der Waals surface area contributed by atoms with Gasteiger partial charge in [-0.05, 0) is 6.92 Å². The van der Waals surface area contributed by atoms with E-state index in [4.69, 9.17) is 0 Å². The third-order valence-electron chi connectivity index (χ3n) is 2.63. The number of amides is 1. The fourth-order valence-corrected chi connectivity index (χ4v) is 1.68. The molecule has 1 amide bonds. The minimum absolute atomic E-state index is 0.106. The summed E-state index contributed by atoms with van der Waals surface area (Å²) in [5.74, 6) is 0.106. The van der Waals surface area contributed by atoms with Crippen molar-refractivity contribution in [3.8, 4) is 0 Å². The van der Waals surface area contributed by atoms with Crippen LogP contribution in [0.25, 0.3) is 0 Å². The van der Waals surface area contributed by atoms with E-state index < -0.39 is 0 Å². The maximum absolute atomic E-state index is 11.9. The molecule has 1 saturated heterocycles. The summed E-state index contributed by atoms with van der Waals surface area (Å²) in [5.41, 5.74) is 0. The van der Waals surface area contributed by atoms with Crippen molar-refractivity contribution >= 4 is 5.91 Å². The third kappa shape index (κ3) is 2.15. The number of nitrogens with one attached hydrogen (secondary N) is 1. The van der Waals surface area contributed by atoms with Crippen LogP contribution in [0.4, 0.5) is 0 Å². The molecular formula is C9H15N5O. The first kappa shape index (κ1) is 10.1. The molecule has 1 aliphatic rings. The topological polar surface area (TPSA) is 63.1 Å². The van der Waals surface area contributed by atoms with Crippen molar-refractivity contribution in [1.29, 1.82) is 0 Å². The number of rotatable bonds is 4. The Kier molecular flexibility index (Phi) is 2.96. The molecule has 6 nitrogen and oxygen atoms in total. The summed E-state index contributed by atoms with van der Waals surface area (Å²) < 4.78 is 1.55. The highest BCUT2D eigenvalue weighted by Gasteiger charge is 2.27. The lowest BCUT2D eigenvalue weighted by Gasteiger charge is -2.37. The summed E-state index contributed by atoms with van der Waals surface area (Å²) in [6.07, 6.45) is 3.28. The molecule has 1 aliphatic heterocycles. The van der Waals surface area contributed by atoms with Crippen LogP contribution in [0.2, 0.25) is 0 Å². The molecule has 0 bridgehead atoms. The Morgan fingerprint density at radius 2 is 2.47 bits per heavy atom. The first-order valence-electron chi connectivity index (χ1n) is 5.15. The van der Waals surface area contributed by atoms with E-state index in [0.29, 0.717) is 6.04 Å². The van der Waals surface area contributed by atoms with Crippen molar-refractivity contribution in [2.75, 3.05) is 19.6 Å². The van der Waals surface area contributed by atoms with Gasteiger partial charge in [-0.15, -0.1) is 5.10 Å². The van der Waals surface area contributed by atoms with Crippen molar-refractivity contribution in [3.63, 3.8) is 0 Å². The zero-order valence-corrected chi connectivity index (χ0v) is 8.76. The number of hydrogen-bond acceptors (Lipinski definition) is 4. The van der Waals surface area contributed by atoms with Gasteiger partial charge in [0.1, 0.15) is 6.54 Å². The van der Waals surface area contributed by atoms with E-state index in [2.05, 4.69) is 15.6 Å². The Morgan fingerprint density at radius 1 is 1.67 bits per heavy atom. The second-order valence-electron chi connectivity index (χ2n) is 3.59. The quantitative estimate of drug-likeness (QED) is 0.698. The van der Waals surface area contributed by atoms with Crippen molar-refractivity contribution in [3.05, 3.63) is 12.4 Å². The lowest BCUT2D eigenvalue weighted by molar-refractivity contribution is -0.135. The number of likely N-dealkylation sites (N-methyl/N-ethyl adjacent to an activating group) is 1. The van der Waals surface area contributed by atoms with Gasteiger partial charge in [0, 0.05) is 25.8 Å². The Morgan fingerprint density at radius 3 is 2.93 bits per heavy atom. The van der Waals surface area contributed by atoms with E-state index in [-0.39, 0.29) is 12.5 Å². The van der Waals surface area contributed by atoms with Gasteiger partial charge in [0.25, 0.3) is 0 Å². The van der Waals surface area contributed by atoms with Gasteiger partial charge in [-0.25, -0.2) is 4.68 Å². The first-order chi connectivity index (χ1) is 7.31. The Bertz CT molecular complexity index is 319.